The van der Waals surface area contributed by atoms with Crippen molar-refractivity contribution < 1.29 is 8.42 Å². The zero-order valence-electron chi connectivity index (χ0n) is 9.60. The molecule has 0 amide bonds. The Morgan fingerprint density at radius 2 is 1.89 bits per heavy atom. The highest BCUT2D eigenvalue weighted by Gasteiger charge is 2.15. The fraction of sp³-hybridized carbons (Fsp3) is 0. The molecular formula is C12H10BrClN2O2S. The second-order valence-corrected chi connectivity index (χ2v) is 6.80. The number of anilines is 2. The van der Waals surface area contributed by atoms with E-state index in [1.807, 2.05) is 0 Å². The summed E-state index contributed by atoms with van der Waals surface area (Å²) in [6.07, 6.45) is 0. The summed E-state index contributed by atoms with van der Waals surface area (Å²) >= 11 is 9.10. The molecule has 2 aromatic rings. The van der Waals surface area contributed by atoms with Crippen LogP contribution in [0.15, 0.2) is 51.8 Å². The number of nitrogens with one attached hydrogen (secondary N) is 1. The Balaban J connectivity index is 2.35. The molecule has 0 bridgehead atoms. The van der Waals surface area contributed by atoms with Crippen molar-refractivity contribution in [2.45, 2.75) is 4.90 Å². The van der Waals surface area contributed by atoms with Gasteiger partial charge in [-0.2, -0.15) is 0 Å². The molecule has 7 heteroatoms. The van der Waals surface area contributed by atoms with Gasteiger partial charge < -0.3 is 5.73 Å². The first-order valence-corrected chi connectivity index (χ1v) is 7.87. The smallest absolute Gasteiger partial charge is 0.261 e. The van der Waals surface area contributed by atoms with Crippen LogP contribution in [0.1, 0.15) is 0 Å². The number of halogens is 2. The van der Waals surface area contributed by atoms with Gasteiger partial charge >= 0.3 is 0 Å². The van der Waals surface area contributed by atoms with Crippen LogP contribution in [0.5, 0.6) is 0 Å². The summed E-state index contributed by atoms with van der Waals surface area (Å²) < 4.78 is 27.5. The van der Waals surface area contributed by atoms with E-state index in [1.54, 1.807) is 24.3 Å². The molecule has 0 atom stereocenters. The number of rotatable bonds is 3. The molecule has 0 spiro atoms. The van der Waals surface area contributed by atoms with Gasteiger partial charge in [0, 0.05) is 10.2 Å². The predicted molar refractivity (Wildman–Crippen MR) is 80.8 cm³/mol. The molecule has 0 aliphatic heterocycles. The van der Waals surface area contributed by atoms with Crippen LogP contribution in [0, 0.1) is 0 Å². The number of sulfonamides is 1. The van der Waals surface area contributed by atoms with Gasteiger partial charge in [0.15, 0.2) is 0 Å². The molecule has 2 rings (SSSR count). The van der Waals surface area contributed by atoms with E-state index in [4.69, 9.17) is 17.3 Å². The normalized spacial score (nSPS) is 11.3. The van der Waals surface area contributed by atoms with Crippen molar-refractivity contribution in [3.8, 4) is 0 Å². The standard InChI is InChI=1S/C12H10BrClN2O2S/c13-8-2-1-3-9(6-8)16-19(17,18)10-4-5-12(15)11(14)7-10/h1-7,16H,15H2. The van der Waals surface area contributed by atoms with Crippen molar-refractivity contribution in [3.63, 3.8) is 0 Å². The van der Waals surface area contributed by atoms with Crippen molar-refractivity contribution in [2.75, 3.05) is 10.5 Å². The summed E-state index contributed by atoms with van der Waals surface area (Å²) in [6.45, 7) is 0. The van der Waals surface area contributed by atoms with E-state index in [1.165, 1.54) is 18.2 Å². The molecule has 0 radical (unpaired) electrons. The zero-order valence-corrected chi connectivity index (χ0v) is 12.8. The fourth-order valence-electron chi connectivity index (χ4n) is 1.44. The quantitative estimate of drug-likeness (QED) is 0.822. The highest BCUT2D eigenvalue weighted by atomic mass is 79.9. The molecule has 19 heavy (non-hydrogen) atoms. The third kappa shape index (κ3) is 3.40. The van der Waals surface area contributed by atoms with Gasteiger partial charge in [-0.25, -0.2) is 8.42 Å². The monoisotopic (exact) mass is 360 g/mol. The number of hydrogen-bond donors (Lipinski definition) is 2. The van der Waals surface area contributed by atoms with Gasteiger partial charge in [0.05, 0.1) is 15.6 Å². The lowest BCUT2D eigenvalue weighted by Crippen LogP contribution is -2.13. The molecule has 0 saturated carbocycles. The van der Waals surface area contributed by atoms with Crippen LogP contribution in [0.3, 0.4) is 0 Å². The molecule has 2 aromatic carbocycles. The van der Waals surface area contributed by atoms with Crippen molar-refractivity contribution in [3.05, 3.63) is 52.0 Å². The van der Waals surface area contributed by atoms with E-state index in [0.29, 0.717) is 11.4 Å². The lowest BCUT2D eigenvalue weighted by molar-refractivity contribution is 0.601. The Hall–Kier alpha value is -1.24. The lowest BCUT2D eigenvalue weighted by Gasteiger charge is -2.09. The van der Waals surface area contributed by atoms with Crippen LogP contribution < -0.4 is 10.5 Å². The maximum absolute atomic E-state index is 12.2. The molecule has 0 unspecified atom stereocenters. The summed E-state index contributed by atoms with van der Waals surface area (Å²) in [5.41, 5.74) is 6.35. The van der Waals surface area contributed by atoms with Crippen LogP contribution in [0.4, 0.5) is 11.4 Å². The Morgan fingerprint density at radius 3 is 2.53 bits per heavy atom. The Bertz CT molecular complexity index is 719. The Labute approximate surface area is 124 Å². The van der Waals surface area contributed by atoms with Crippen LogP contribution in [-0.4, -0.2) is 8.42 Å². The maximum Gasteiger partial charge on any atom is 0.261 e. The van der Waals surface area contributed by atoms with Crippen molar-refractivity contribution in [1.82, 2.24) is 0 Å². The van der Waals surface area contributed by atoms with E-state index in [9.17, 15) is 8.42 Å². The van der Waals surface area contributed by atoms with Gasteiger partial charge in [-0.1, -0.05) is 33.6 Å². The third-order valence-electron chi connectivity index (χ3n) is 2.36. The second kappa shape index (κ2) is 5.40. The molecule has 0 fully saturated rings. The van der Waals surface area contributed by atoms with Crippen LogP contribution in [0.2, 0.25) is 5.02 Å². The van der Waals surface area contributed by atoms with Gasteiger partial charge in [0.1, 0.15) is 0 Å². The van der Waals surface area contributed by atoms with E-state index in [2.05, 4.69) is 20.7 Å². The molecule has 0 heterocycles. The minimum Gasteiger partial charge on any atom is -0.398 e. The molecule has 4 nitrogen and oxygen atoms in total. The summed E-state index contributed by atoms with van der Waals surface area (Å²) in [4.78, 5) is 0.0617. The fourth-order valence-corrected chi connectivity index (χ4v) is 3.16. The van der Waals surface area contributed by atoms with E-state index in [-0.39, 0.29) is 9.92 Å². The molecule has 100 valence electrons. The van der Waals surface area contributed by atoms with E-state index >= 15 is 0 Å². The molecular weight excluding hydrogens is 352 g/mol. The minimum absolute atomic E-state index is 0.0617. The van der Waals surface area contributed by atoms with E-state index < -0.39 is 10.0 Å². The van der Waals surface area contributed by atoms with Crippen LogP contribution in [-0.2, 0) is 10.0 Å². The topological polar surface area (TPSA) is 72.2 Å². The van der Waals surface area contributed by atoms with Crippen LogP contribution in [0.25, 0.3) is 0 Å². The first-order chi connectivity index (χ1) is 8.88. The van der Waals surface area contributed by atoms with Crippen molar-refractivity contribution in [2.24, 2.45) is 0 Å². The van der Waals surface area contributed by atoms with Gasteiger partial charge in [0.2, 0.25) is 0 Å². The molecule has 3 N–H and O–H groups in total. The summed E-state index contributed by atoms with van der Waals surface area (Å²) in [7, 11) is -3.68. The van der Waals surface area contributed by atoms with Crippen molar-refractivity contribution in [1.29, 1.82) is 0 Å². The summed E-state index contributed by atoms with van der Waals surface area (Å²) in [6, 6.07) is 11.0. The average molecular weight is 362 g/mol. The maximum atomic E-state index is 12.2. The molecule has 0 aliphatic carbocycles. The zero-order chi connectivity index (χ0) is 14.0. The third-order valence-corrected chi connectivity index (χ3v) is 4.56. The SMILES string of the molecule is Nc1ccc(S(=O)(=O)Nc2cccc(Br)c2)cc1Cl. The van der Waals surface area contributed by atoms with Crippen LogP contribution >= 0.6 is 27.5 Å². The first kappa shape index (κ1) is 14.2. The number of benzene rings is 2. The number of nitrogens with two attached hydrogens (primary N) is 1. The molecule has 0 aromatic heterocycles. The van der Waals surface area contributed by atoms with Gasteiger partial charge in [-0.15, -0.1) is 0 Å². The van der Waals surface area contributed by atoms with Gasteiger partial charge in [0.25, 0.3) is 10.0 Å². The average Bonchev–Trinajstić information content (AvgIpc) is 2.32. The molecule has 0 aliphatic rings. The van der Waals surface area contributed by atoms with Gasteiger partial charge in [-0.3, -0.25) is 4.72 Å². The lowest BCUT2D eigenvalue weighted by atomic mass is 10.3. The second-order valence-electron chi connectivity index (χ2n) is 3.80. The number of nitrogen functional groups attached to an aromatic ring is 1. The minimum atomic E-state index is -3.68. The highest BCUT2D eigenvalue weighted by molar-refractivity contribution is 9.10. The first-order valence-electron chi connectivity index (χ1n) is 5.22. The summed E-state index contributed by atoms with van der Waals surface area (Å²) in [5.74, 6) is 0. The predicted octanol–water partition coefficient (Wildman–Crippen LogP) is 3.49. The Morgan fingerprint density at radius 1 is 1.16 bits per heavy atom. The largest absolute Gasteiger partial charge is 0.398 e. The summed E-state index contributed by atoms with van der Waals surface area (Å²) in [5, 5.41) is 0.206. The Kier molecular flexibility index (Phi) is 4.03. The van der Waals surface area contributed by atoms with Gasteiger partial charge in [-0.05, 0) is 36.4 Å². The highest BCUT2D eigenvalue weighted by Crippen LogP contribution is 2.24. The number of hydrogen-bond acceptors (Lipinski definition) is 3. The van der Waals surface area contributed by atoms with E-state index in [0.717, 1.165) is 4.47 Å². The molecule has 0 saturated heterocycles. The van der Waals surface area contributed by atoms with Crippen molar-refractivity contribution >= 4 is 48.9 Å².